The van der Waals surface area contributed by atoms with Gasteiger partial charge in [-0.1, -0.05) is 13.8 Å². The SMILES string of the molecule is CC(CC(=O)N1CCCC(C)C1C(=O)O)C1CCCNC1. The van der Waals surface area contributed by atoms with Gasteiger partial charge in [-0.2, -0.15) is 0 Å². The maximum absolute atomic E-state index is 12.6. The number of nitrogens with one attached hydrogen (secondary N) is 1. The molecule has 5 nitrogen and oxygen atoms in total. The maximum atomic E-state index is 12.6. The number of carbonyl (C=O) groups excluding carboxylic acids is 1. The van der Waals surface area contributed by atoms with Crippen molar-refractivity contribution in [3.8, 4) is 0 Å². The summed E-state index contributed by atoms with van der Waals surface area (Å²) in [6, 6.07) is -0.636. The molecule has 2 rings (SSSR count). The van der Waals surface area contributed by atoms with Gasteiger partial charge in [0.05, 0.1) is 0 Å². The fourth-order valence-electron chi connectivity index (χ4n) is 3.77. The number of rotatable bonds is 4. The molecular weight excluding hydrogens is 268 g/mol. The smallest absolute Gasteiger partial charge is 0.326 e. The molecule has 0 aromatic heterocycles. The van der Waals surface area contributed by atoms with Crippen LogP contribution >= 0.6 is 0 Å². The van der Waals surface area contributed by atoms with Crippen LogP contribution in [0, 0.1) is 17.8 Å². The molecule has 21 heavy (non-hydrogen) atoms. The Bertz CT molecular complexity index is 380. The molecule has 2 fully saturated rings. The average Bonchev–Trinajstić information content (AvgIpc) is 2.47. The first kappa shape index (κ1) is 16.3. The molecule has 4 atom stereocenters. The van der Waals surface area contributed by atoms with Crippen LogP contribution in [-0.2, 0) is 9.59 Å². The van der Waals surface area contributed by atoms with Crippen molar-refractivity contribution in [3.63, 3.8) is 0 Å². The highest BCUT2D eigenvalue weighted by molar-refractivity contribution is 5.84. The summed E-state index contributed by atoms with van der Waals surface area (Å²) < 4.78 is 0. The lowest BCUT2D eigenvalue weighted by molar-refractivity contribution is -0.155. The number of carboxylic acid groups (broad SMARTS) is 1. The molecule has 5 heteroatoms. The highest BCUT2D eigenvalue weighted by Gasteiger charge is 2.37. The summed E-state index contributed by atoms with van der Waals surface area (Å²) in [5.41, 5.74) is 0. The van der Waals surface area contributed by atoms with Gasteiger partial charge in [-0.3, -0.25) is 4.79 Å². The van der Waals surface area contributed by atoms with Gasteiger partial charge in [0, 0.05) is 13.0 Å². The Morgan fingerprint density at radius 1 is 1.33 bits per heavy atom. The van der Waals surface area contributed by atoms with E-state index in [1.165, 1.54) is 12.8 Å². The molecule has 2 N–H and O–H groups in total. The first-order chi connectivity index (χ1) is 10.0. The van der Waals surface area contributed by atoms with Gasteiger partial charge < -0.3 is 15.3 Å². The van der Waals surface area contributed by atoms with E-state index in [1.807, 2.05) is 6.92 Å². The largest absolute Gasteiger partial charge is 0.480 e. The molecule has 0 aromatic rings. The molecule has 0 spiro atoms. The molecular formula is C16H28N2O3. The first-order valence-corrected chi connectivity index (χ1v) is 8.23. The first-order valence-electron chi connectivity index (χ1n) is 8.23. The molecule has 120 valence electrons. The van der Waals surface area contributed by atoms with Crippen molar-refractivity contribution in [2.45, 2.75) is 52.0 Å². The highest BCUT2D eigenvalue weighted by Crippen LogP contribution is 2.27. The van der Waals surface area contributed by atoms with Crippen molar-refractivity contribution < 1.29 is 14.7 Å². The molecule has 4 unspecified atom stereocenters. The van der Waals surface area contributed by atoms with Gasteiger partial charge in [0.25, 0.3) is 0 Å². The van der Waals surface area contributed by atoms with Crippen molar-refractivity contribution in [1.29, 1.82) is 0 Å². The van der Waals surface area contributed by atoms with E-state index in [1.54, 1.807) is 4.90 Å². The third kappa shape index (κ3) is 3.96. The molecule has 0 radical (unpaired) electrons. The van der Waals surface area contributed by atoms with Gasteiger partial charge in [-0.05, 0) is 56.5 Å². The number of hydrogen-bond acceptors (Lipinski definition) is 3. The van der Waals surface area contributed by atoms with Crippen LogP contribution < -0.4 is 5.32 Å². The van der Waals surface area contributed by atoms with E-state index in [9.17, 15) is 14.7 Å². The molecule has 1 amide bonds. The number of amides is 1. The zero-order chi connectivity index (χ0) is 15.4. The monoisotopic (exact) mass is 296 g/mol. The van der Waals surface area contributed by atoms with Crippen molar-refractivity contribution in [2.24, 2.45) is 17.8 Å². The van der Waals surface area contributed by atoms with Crippen LogP contribution in [0.3, 0.4) is 0 Å². The molecule has 2 aliphatic heterocycles. The summed E-state index contributed by atoms with van der Waals surface area (Å²) in [6.07, 6.45) is 4.61. The average molecular weight is 296 g/mol. The Morgan fingerprint density at radius 3 is 2.71 bits per heavy atom. The zero-order valence-electron chi connectivity index (χ0n) is 13.2. The van der Waals surface area contributed by atoms with Crippen LogP contribution in [-0.4, -0.2) is 47.6 Å². The number of likely N-dealkylation sites (tertiary alicyclic amines) is 1. The van der Waals surface area contributed by atoms with Gasteiger partial charge in [0.15, 0.2) is 0 Å². The van der Waals surface area contributed by atoms with Crippen molar-refractivity contribution in [1.82, 2.24) is 10.2 Å². The third-order valence-corrected chi connectivity index (χ3v) is 5.14. The summed E-state index contributed by atoms with van der Waals surface area (Å²) in [5, 5.41) is 12.8. The minimum atomic E-state index is -0.859. The van der Waals surface area contributed by atoms with E-state index < -0.39 is 12.0 Å². The van der Waals surface area contributed by atoms with Gasteiger partial charge in [-0.15, -0.1) is 0 Å². The number of piperidine rings is 2. The lowest BCUT2D eigenvalue weighted by Gasteiger charge is -2.38. The lowest BCUT2D eigenvalue weighted by Crippen LogP contribution is -2.52. The minimum absolute atomic E-state index is 0.0204. The Kier molecular flexibility index (Phi) is 5.62. The predicted octanol–water partition coefficient (Wildman–Crippen LogP) is 1.72. The van der Waals surface area contributed by atoms with E-state index in [-0.39, 0.29) is 11.8 Å². The predicted molar refractivity (Wildman–Crippen MR) is 80.9 cm³/mol. The van der Waals surface area contributed by atoms with Crippen LogP contribution in [0.15, 0.2) is 0 Å². The second-order valence-electron chi connectivity index (χ2n) is 6.78. The fraction of sp³-hybridized carbons (Fsp3) is 0.875. The second kappa shape index (κ2) is 7.25. The Hall–Kier alpha value is -1.10. The Balaban J connectivity index is 1.95. The molecule has 2 saturated heterocycles. The summed E-state index contributed by atoms with van der Waals surface area (Å²) in [6.45, 7) is 6.70. The Morgan fingerprint density at radius 2 is 2.10 bits per heavy atom. The van der Waals surface area contributed by atoms with Crippen molar-refractivity contribution in [2.75, 3.05) is 19.6 Å². The number of carboxylic acids is 1. The molecule has 2 aliphatic rings. The van der Waals surface area contributed by atoms with Crippen molar-refractivity contribution >= 4 is 11.9 Å². The maximum Gasteiger partial charge on any atom is 0.326 e. The number of carbonyl (C=O) groups is 2. The molecule has 0 bridgehead atoms. The molecule has 0 aromatic carbocycles. The van der Waals surface area contributed by atoms with Crippen LogP contribution in [0.2, 0.25) is 0 Å². The van der Waals surface area contributed by atoms with E-state index >= 15 is 0 Å². The van der Waals surface area contributed by atoms with E-state index in [4.69, 9.17) is 0 Å². The molecule has 0 aliphatic carbocycles. The summed E-state index contributed by atoms with van der Waals surface area (Å²) >= 11 is 0. The summed E-state index contributed by atoms with van der Waals surface area (Å²) in [7, 11) is 0. The topological polar surface area (TPSA) is 69.6 Å². The second-order valence-corrected chi connectivity index (χ2v) is 6.78. The van der Waals surface area contributed by atoms with E-state index in [0.717, 1.165) is 25.9 Å². The van der Waals surface area contributed by atoms with Gasteiger partial charge in [0.2, 0.25) is 5.91 Å². The van der Waals surface area contributed by atoms with Gasteiger partial charge in [0.1, 0.15) is 6.04 Å². The zero-order valence-corrected chi connectivity index (χ0v) is 13.2. The van der Waals surface area contributed by atoms with Crippen LogP contribution in [0.25, 0.3) is 0 Å². The molecule has 2 heterocycles. The Labute approximate surface area is 127 Å². The highest BCUT2D eigenvalue weighted by atomic mass is 16.4. The van der Waals surface area contributed by atoms with Gasteiger partial charge in [-0.25, -0.2) is 4.79 Å². The standard InChI is InChI=1S/C16H28N2O3/c1-11-5-4-8-18(15(11)16(20)21)14(19)9-12(2)13-6-3-7-17-10-13/h11-13,15,17H,3-10H2,1-2H3,(H,20,21). The third-order valence-electron chi connectivity index (χ3n) is 5.14. The fourth-order valence-corrected chi connectivity index (χ4v) is 3.77. The summed E-state index contributed by atoms with van der Waals surface area (Å²) in [4.78, 5) is 25.6. The van der Waals surface area contributed by atoms with Gasteiger partial charge >= 0.3 is 5.97 Å². The summed E-state index contributed by atoms with van der Waals surface area (Å²) in [5.74, 6) is 0.0617. The van der Waals surface area contributed by atoms with E-state index in [0.29, 0.717) is 24.8 Å². The van der Waals surface area contributed by atoms with Crippen molar-refractivity contribution in [3.05, 3.63) is 0 Å². The lowest BCUT2D eigenvalue weighted by atomic mass is 9.84. The van der Waals surface area contributed by atoms with Crippen LogP contribution in [0.1, 0.15) is 46.0 Å². The van der Waals surface area contributed by atoms with Crippen LogP contribution in [0.5, 0.6) is 0 Å². The quantitative estimate of drug-likeness (QED) is 0.829. The number of aliphatic carboxylic acids is 1. The minimum Gasteiger partial charge on any atom is -0.480 e. The molecule has 0 saturated carbocycles. The van der Waals surface area contributed by atoms with Crippen LogP contribution in [0.4, 0.5) is 0 Å². The number of hydrogen-bond donors (Lipinski definition) is 2. The van der Waals surface area contributed by atoms with E-state index in [2.05, 4.69) is 12.2 Å². The number of nitrogens with zero attached hydrogens (tertiary/aromatic N) is 1. The normalized spacial score (nSPS) is 31.7.